The SMILES string of the molecule is C=CCc1cc(Cl)ccc1OCCOCCN1CCCCCC1. The average molecular weight is 338 g/mol. The van der Waals surface area contributed by atoms with E-state index in [-0.39, 0.29) is 0 Å². The highest BCUT2D eigenvalue weighted by molar-refractivity contribution is 6.30. The van der Waals surface area contributed by atoms with Crippen molar-refractivity contribution < 1.29 is 9.47 Å². The summed E-state index contributed by atoms with van der Waals surface area (Å²) >= 11 is 6.02. The second-order valence-corrected chi connectivity index (χ2v) is 6.40. The molecule has 1 aromatic rings. The number of rotatable bonds is 9. The van der Waals surface area contributed by atoms with Crippen LogP contribution < -0.4 is 4.74 Å². The van der Waals surface area contributed by atoms with E-state index in [1.807, 2.05) is 24.3 Å². The van der Waals surface area contributed by atoms with Gasteiger partial charge in [-0.15, -0.1) is 6.58 Å². The summed E-state index contributed by atoms with van der Waals surface area (Å²) in [5.74, 6) is 0.866. The molecule has 1 aromatic carbocycles. The number of benzene rings is 1. The van der Waals surface area contributed by atoms with Gasteiger partial charge < -0.3 is 14.4 Å². The van der Waals surface area contributed by atoms with Crippen molar-refractivity contribution in [3.63, 3.8) is 0 Å². The minimum atomic E-state index is 0.561. The van der Waals surface area contributed by atoms with Crippen molar-refractivity contribution in [2.45, 2.75) is 32.1 Å². The third kappa shape index (κ3) is 6.94. The highest BCUT2D eigenvalue weighted by Crippen LogP contribution is 2.23. The fraction of sp³-hybridized carbons (Fsp3) is 0.579. The molecule has 1 heterocycles. The van der Waals surface area contributed by atoms with Gasteiger partial charge in [-0.3, -0.25) is 0 Å². The first-order valence-corrected chi connectivity index (χ1v) is 8.99. The van der Waals surface area contributed by atoms with Gasteiger partial charge in [-0.1, -0.05) is 30.5 Å². The largest absolute Gasteiger partial charge is 0.491 e. The van der Waals surface area contributed by atoms with Crippen molar-refractivity contribution in [1.82, 2.24) is 4.90 Å². The van der Waals surface area contributed by atoms with E-state index in [9.17, 15) is 0 Å². The summed E-state index contributed by atoms with van der Waals surface area (Å²) in [4.78, 5) is 2.51. The Kier molecular flexibility index (Phi) is 8.51. The Bertz CT molecular complexity index is 470. The van der Waals surface area contributed by atoms with E-state index < -0.39 is 0 Å². The first kappa shape index (κ1) is 18.3. The molecular weight excluding hydrogens is 310 g/mol. The van der Waals surface area contributed by atoms with Crippen LogP contribution in [0.1, 0.15) is 31.2 Å². The van der Waals surface area contributed by atoms with Gasteiger partial charge in [0.15, 0.2) is 0 Å². The molecule has 3 nitrogen and oxygen atoms in total. The molecule has 23 heavy (non-hydrogen) atoms. The summed E-state index contributed by atoms with van der Waals surface area (Å²) in [6, 6.07) is 5.70. The van der Waals surface area contributed by atoms with E-state index in [0.29, 0.717) is 13.2 Å². The third-order valence-electron chi connectivity index (χ3n) is 4.12. The number of halogens is 1. The molecule has 1 saturated heterocycles. The van der Waals surface area contributed by atoms with Gasteiger partial charge in [-0.25, -0.2) is 0 Å². The number of nitrogens with zero attached hydrogens (tertiary/aromatic N) is 1. The molecular formula is C19H28ClNO2. The lowest BCUT2D eigenvalue weighted by atomic mass is 10.1. The molecule has 4 heteroatoms. The minimum Gasteiger partial charge on any atom is -0.491 e. The van der Waals surface area contributed by atoms with Gasteiger partial charge in [0.25, 0.3) is 0 Å². The molecule has 2 rings (SSSR count). The van der Waals surface area contributed by atoms with Crippen molar-refractivity contribution in [3.05, 3.63) is 41.4 Å². The van der Waals surface area contributed by atoms with Gasteiger partial charge in [0.05, 0.1) is 13.2 Å². The van der Waals surface area contributed by atoms with Gasteiger partial charge in [0.2, 0.25) is 0 Å². The summed E-state index contributed by atoms with van der Waals surface area (Å²) in [7, 11) is 0. The van der Waals surface area contributed by atoms with E-state index in [1.54, 1.807) is 0 Å². The number of hydrogen-bond acceptors (Lipinski definition) is 3. The zero-order valence-electron chi connectivity index (χ0n) is 13.9. The molecule has 0 aromatic heterocycles. The lowest BCUT2D eigenvalue weighted by Crippen LogP contribution is -2.29. The highest BCUT2D eigenvalue weighted by atomic mass is 35.5. The Morgan fingerprint density at radius 1 is 1.09 bits per heavy atom. The van der Waals surface area contributed by atoms with Crippen molar-refractivity contribution in [2.24, 2.45) is 0 Å². The van der Waals surface area contributed by atoms with Gasteiger partial charge in [0, 0.05) is 11.6 Å². The zero-order chi connectivity index (χ0) is 16.3. The van der Waals surface area contributed by atoms with E-state index in [4.69, 9.17) is 21.1 Å². The fourth-order valence-corrected chi connectivity index (χ4v) is 3.06. The van der Waals surface area contributed by atoms with Gasteiger partial charge in [-0.05, 0) is 56.1 Å². The van der Waals surface area contributed by atoms with Crippen molar-refractivity contribution >= 4 is 11.6 Å². The normalized spacial score (nSPS) is 16.0. The van der Waals surface area contributed by atoms with E-state index >= 15 is 0 Å². The van der Waals surface area contributed by atoms with Crippen LogP contribution >= 0.6 is 11.6 Å². The number of ether oxygens (including phenoxy) is 2. The lowest BCUT2D eigenvalue weighted by Gasteiger charge is -2.19. The van der Waals surface area contributed by atoms with Crippen molar-refractivity contribution in [1.29, 1.82) is 0 Å². The van der Waals surface area contributed by atoms with Crippen LogP contribution in [0.4, 0.5) is 0 Å². The molecule has 0 spiro atoms. The molecule has 0 atom stereocenters. The predicted octanol–water partition coefficient (Wildman–Crippen LogP) is 4.34. The third-order valence-corrected chi connectivity index (χ3v) is 4.36. The lowest BCUT2D eigenvalue weighted by molar-refractivity contribution is 0.0802. The fourth-order valence-electron chi connectivity index (χ4n) is 2.87. The van der Waals surface area contributed by atoms with Crippen molar-refractivity contribution in [3.8, 4) is 5.75 Å². The number of allylic oxidation sites excluding steroid dienone is 1. The number of likely N-dealkylation sites (tertiary alicyclic amines) is 1. The van der Waals surface area contributed by atoms with Crippen LogP contribution in [0.2, 0.25) is 5.02 Å². The summed E-state index contributed by atoms with van der Waals surface area (Å²) in [6.07, 6.45) is 8.01. The summed E-state index contributed by atoms with van der Waals surface area (Å²) in [5.41, 5.74) is 1.07. The Morgan fingerprint density at radius 3 is 2.61 bits per heavy atom. The second-order valence-electron chi connectivity index (χ2n) is 5.96. The van der Waals surface area contributed by atoms with Crippen LogP contribution in [-0.2, 0) is 11.2 Å². The Hall–Kier alpha value is -1.03. The molecule has 0 radical (unpaired) electrons. The standard InChI is InChI=1S/C19H28ClNO2/c1-2-7-17-16-18(20)8-9-19(17)23-15-14-22-13-12-21-10-5-3-4-6-11-21/h2,8-9,16H,1,3-7,10-15H2. The maximum Gasteiger partial charge on any atom is 0.123 e. The summed E-state index contributed by atoms with van der Waals surface area (Å²) < 4.78 is 11.5. The zero-order valence-corrected chi connectivity index (χ0v) is 14.7. The molecule has 0 amide bonds. The molecule has 0 unspecified atom stereocenters. The predicted molar refractivity (Wildman–Crippen MR) is 96.6 cm³/mol. The minimum absolute atomic E-state index is 0.561. The number of hydrogen-bond donors (Lipinski definition) is 0. The van der Waals surface area contributed by atoms with Crippen LogP contribution in [0.3, 0.4) is 0 Å². The molecule has 0 aliphatic carbocycles. The molecule has 128 valence electrons. The average Bonchev–Trinajstić information content (AvgIpc) is 2.81. The first-order valence-electron chi connectivity index (χ1n) is 8.62. The van der Waals surface area contributed by atoms with Gasteiger partial charge in [0.1, 0.15) is 12.4 Å². The quantitative estimate of drug-likeness (QED) is 0.494. The van der Waals surface area contributed by atoms with Crippen LogP contribution in [0, 0.1) is 0 Å². The maximum atomic E-state index is 6.02. The summed E-state index contributed by atoms with van der Waals surface area (Å²) in [6.45, 7) is 9.19. The van der Waals surface area contributed by atoms with E-state index in [2.05, 4.69) is 11.5 Å². The van der Waals surface area contributed by atoms with Crippen molar-refractivity contribution in [2.75, 3.05) is 39.5 Å². The highest BCUT2D eigenvalue weighted by Gasteiger charge is 2.08. The van der Waals surface area contributed by atoms with Crippen LogP contribution in [0.15, 0.2) is 30.9 Å². The first-order chi connectivity index (χ1) is 11.3. The maximum absolute atomic E-state index is 6.02. The molecule has 0 saturated carbocycles. The van der Waals surface area contributed by atoms with E-state index in [1.165, 1.54) is 38.8 Å². The Labute approximate surface area is 145 Å². The van der Waals surface area contributed by atoms with Crippen LogP contribution in [0.5, 0.6) is 5.75 Å². The second kappa shape index (κ2) is 10.7. The Balaban J connectivity index is 1.62. The van der Waals surface area contributed by atoms with Gasteiger partial charge >= 0.3 is 0 Å². The summed E-state index contributed by atoms with van der Waals surface area (Å²) in [5, 5.41) is 0.725. The smallest absolute Gasteiger partial charge is 0.123 e. The van der Waals surface area contributed by atoms with Crippen LogP contribution in [0.25, 0.3) is 0 Å². The monoisotopic (exact) mass is 337 g/mol. The molecule has 0 bridgehead atoms. The molecule has 1 aliphatic heterocycles. The molecule has 1 fully saturated rings. The van der Waals surface area contributed by atoms with Crippen LogP contribution in [-0.4, -0.2) is 44.4 Å². The van der Waals surface area contributed by atoms with Gasteiger partial charge in [-0.2, -0.15) is 0 Å². The molecule has 1 aliphatic rings. The Morgan fingerprint density at radius 2 is 1.87 bits per heavy atom. The molecule has 0 N–H and O–H groups in total. The topological polar surface area (TPSA) is 21.7 Å². The van der Waals surface area contributed by atoms with E-state index in [0.717, 1.165) is 35.9 Å².